The maximum absolute atomic E-state index is 9.57. The van der Waals surface area contributed by atoms with Crippen LogP contribution in [0.4, 0.5) is 0 Å². The Kier molecular flexibility index (Phi) is 4.30. The summed E-state index contributed by atoms with van der Waals surface area (Å²) in [4.78, 5) is 4.60. The molecule has 2 aromatic carbocycles. The Balaban J connectivity index is 2.31. The molecule has 3 nitrogen and oxygen atoms in total. The van der Waals surface area contributed by atoms with E-state index in [1.165, 1.54) is 0 Å². The van der Waals surface area contributed by atoms with Crippen LogP contribution < -0.4 is 5.36 Å². The minimum atomic E-state index is -0.465. The van der Waals surface area contributed by atoms with Crippen LogP contribution in [0.1, 0.15) is 18.1 Å². The van der Waals surface area contributed by atoms with Gasteiger partial charge in [-0.25, -0.2) is 0 Å². The highest BCUT2D eigenvalue weighted by molar-refractivity contribution is 5.82. The van der Waals surface area contributed by atoms with Crippen LogP contribution in [0.25, 0.3) is 22.3 Å². The maximum Gasteiger partial charge on any atom is 0.137 e. The largest absolute Gasteiger partial charge is 0.456 e. The maximum atomic E-state index is 9.57. The summed E-state index contributed by atoms with van der Waals surface area (Å²) in [6, 6.07) is 16.1. The summed E-state index contributed by atoms with van der Waals surface area (Å²) >= 11 is 0. The lowest BCUT2D eigenvalue weighted by Gasteiger charge is -2.09. The molecule has 1 unspecified atom stereocenters. The molecule has 0 aliphatic rings. The first-order chi connectivity index (χ1) is 11.0. The standard InChI is InChI=1S/C20H21NO2/c1-13-9-14(2)20-17(21-12-15(3)22)11-18(23-19(20)10-13)16-7-5-4-6-8-16/h4-11,15,22H,12H2,1-3H3. The Morgan fingerprint density at radius 2 is 1.83 bits per heavy atom. The predicted octanol–water partition coefficient (Wildman–Crippen LogP) is 4.00. The van der Waals surface area contributed by atoms with E-state index in [4.69, 9.17) is 4.42 Å². The van der Waals surface area contributed by atoms with E-state index >= 15 is 0 Å². The average molecular weight is 307 g/mol. The zero-order chi connectivity index (χ0) is 16.4. The van der Waals surface area contributed by atoms with E-state index in [-0.39, 0.29) is 0 Å². The second kappa shape index (κ2) is 6.39. The Morgan fingerprint density at radius 1 is 1.09 bits per heavy atom. The molecule has 3 heteroatoms. The van der Waals surface area contributed by atoms with Crippen molar-refractivity contribution in [2.75, 3.05) is 6.54 Å². The summed E-state index contributed by atoms with van der Waals surface area (Å²) in [6.45, 7) is 6.24. The van der Waals surface area contributed by atoms with Crippen molar-refractivity contribution in [3.05, 3.63) is 65.0 Å². The van der Waals surface area contributed by atoms with Crippen molar-refractivity contribution >= 4 is 11.0 Å². The molecule has 0 aliphatic carbocycles. The number of fused-ring (bicyclic) bond motifs is 1. The minimum Gasteiger partial charge on any atom is -0.456 e. The van der Waals surface area contributed by atoms with Gasteiger partial charge in [0, 0.05) is 17.0 Å². The third kappa shape index (κ3) is 3.35. The molecule has 0 saturated carbocycles. The van der Waals surface area contributed by atoms with Crippen molar-refractivity contribution in [1.29, 1.82) is 0 Å². The van der Waals surface area contributed by atoms with Gasteiger partial charge in [-0.15, -0.1) is 0 Å². The molecule has 23 heavy (non-hydrogen) atoms. The highest BCUT2D eigenvalue weighted by Crippen LogP contribution is 2.24. The van der Waals surface area contributed by atoms with Crippen molar-refractivity contribution in [2.24, 2.45) is 4.99 Å². The lowest BCUT2D eigenvalue weighted by Crippen LogP contribution is -2.12. The molecule has 1 heterocycles. The fraction of sp³-hybridized carbons (Fsp3) is 0.250. The Hall–Kier alpha value is -2.39. The second-order valence-electron chi connectivity index (χ2n) is 6.01. The lowest BCUT2D eigenvalue weighted by atomic mass is 10.0. The van der Waals surface area contributed by atoms with Crippen LogP contribution in [-0.4, -0.2) is 17.8 Å². The normalized spacial score (nSPS) is 13.5. The van der Waals surface area contributed by atoms with Crippen LogP contribution in [0.5, 0.6) is 0 Å². The zero-order valence-electron chi connectivity index (χ0n) is 13.7. The molecular weight excluding hydrogens is 286 g/mol. The monoisotopic (exact) mass is 307 g/mol. The quantitative estimate of drug-likeness (QED) is 0.795. The number of hydrogen-bond donors (Lipinski definition) is 1. The van der Waals surface area contributed by atoms with Gasteiger partial charge in [0.2, 0.25) is 0 Å². The summed E-state index contributed by atoms with van der Waals surface area (Å²) < 4.78 is 6.13. The van der Waals surface area contributed by atoms with Gasteiger partial charge in [-0.1, -0.05) is 36.4 Å². The summed E-state index contributed by atoms with van der Waals surface area (Å²) in [7, 11) is 0. The fourth-order valence-corrected chi connectivity index (χ4v) is 2.78. The number of aryl methyl sites for hydroxylation is 2. The third-order valence-electron chi connectivity index (χ3n) is 3.77. The molecular formula is C20H21NO2. The first-order valence-electron chi connectivity index (χ1n) is 7.83. The van der Waals surface area contributed by atoms with Crippen LogP contribution in [0, 0.1) is 13.8 Å². The van der Waals surface area contributed by atoms with E-state index < -0.39 is 6.10 Å². The molecule has 1 aromatic heterocycles. The van der Waals surface area contributed by atoms with E-state index in [9.17, 15) is 5.11 Å². The molecule has 0 amide bonds. The average Bonchev–Trinajstić information content (AvgIpc) is 2.52. The van der Waals surface area contributed by atoms with E-state index in [1.807, 2.05) is 42.5 Å². The van der Waals surface area contributed by atoms with Gasteiger partial charge in [0.15, 0.2) is 0 Å². The lowest BCUT2D eigenvalue weighted by molar-refractivity contribution is 0.203. The first kappa shape index (κ1) is 15.5. The molecule has 1 N–H and O–H groups in total. The van der Waals surface area contributed by atoms with Crippen molar-refractivity contribution in [1.82, 2.24) is 0 Å². The number of aliphatic hydroxyl groups excluding tert-OH is 1. The Labute approximate surface area is 135 Å². The topological polar surface area (TPSA) is 45.7 Å². The highest BCUT2D eigenvalue weighted by atomic mass is 16.3. The van der Waals surface area contributed by atoms with Gasteiger partial charge in [-0.3, -0.25) is 4.99 Å². The van der Waals surface area contributed by atoms with E-state index in [1.54, 1.807) is 6.92 Å². The molecule has 0 radical (unpaired) electrons. The van der Waals surface area contributed by atoms with Gasteiger partial charge in [0.05, 0.1) is 18.0 Å². The van der Waals surface area contributed by atoms with Crippen molar-refractivity contribution < 1.29 is 9.52 Å². The van der Waals surface area contributed by atoms with E-state index in [0.717, 1.165) is 38.8 Å². The summed E-state index contributed by atoms with van der Waals surface area (Å²) in [5.41, 5.74) is 4.13. The Bertz CT molecular complexity index is 893. The summed E-state index contributed by atoms with van der Waals surface area (Å²) in [5.74, 6) is 0.785. The van der Waals surface area contributed by atoms with E-state index in [0.29, 0.717) is 6.54 Å². The molecule has 3 aromatic rings. The van der Waals surface area contributed by atoms with Crippen LogP contribution in [0.2, 0.25) is 0 Å². The smallest absolute Gasteiger partial charge is 0.137 e. The molecule has 1 atom stereocenters. The van der Waals surface area contributed by atoms with Gasteiger partial charge in [0.1, 0.15) is 11.3 Å². The number of aliphatic hydroxyl groups is 1. The number of benzene rings is 2. The summed E-state index contributed by atoms with van der Waals surface area (Å²) in [6.07, 6.45) is -0.465. The molecule has 0 saturated heterocycles. The van der Waals surface area contributed by atoms with Gasteiger partial charge < -0.3 is 9.52 Å². The van der Waals surface area contributed by atoms with Crippen LogP contribution in [-0.2, 0) is 0 Å². The van der Waals surface area contributed by atoms with Crippen LogP contribution in [0.3, 0.4) is 0 Å². The SMILES string of the molecule is Cc1cc(C)c2c(=NCC(C)O)cc(-c3ccccc3)oc2c1. The van der Waals surface area contributed by atoms with Gasteiger partial charge in [-0.05, 0) is 38.0 Å². The molecule has 0 fully saturated rings. The minimum absolute atomic E-state index is 0.376. The molecule has 0 spiro atoms. The number of nitrogens with zero attached hydrogens (tertiary/aromatic N) is 1. The number of rotatable bonds is 3. The molecule has 3 rings (SSSR count). The molecule has 0 aliphatic heterocycles. The van der Waals surface area contributed by atoms with Crippen molar-refractivity contribution in [3.63, 3.8) is 0 Å². The third-order valence-corrected chi connectivity index (χ3v) is 3.77. The molecule has 118 valence electrons. The zero-order valence-corrected chi connectivity index (χ0v) is 13.7. The summed E-state index contributed by atoms with van der Waals surface area (Å²) in [5, 5.41) is 11.4. The van der Waals surface area contributed by atoms with Gasteiger partial charge in [-0.2, -0.15) is 0 Å². The highest BCUT2D eigenvalue weighted by Gasteiger charge is 2.09. The predicted molar refractivity (Wildman–Crippen MR) is 93.2 cm³/mol. The molecule has 0 bridgehead atoms. The van der Waals surface area contributed by atoms with Crippen molar-refractivity contribution in [2.45, 2.75) is 26.9 Å². The fourth-order valence-electron chi connectivity index (χ4n) is 2.78. The first-order valence-corrected chi connectivity index (χ1v) is 7.83. The van der Waals surface area contributed by atoms with Gasteiger partial charge >= 0.3 is 0 Å². The number of hydrogen-bond acceptors (Lipinski definition) is 3. The second-order valence-corrected chi connectivity index (χ2v) is 6.01. The van der Waals surface area contributed by atoms with Crippen LogP contribution in [0.15, 0.2) is 57.9 Å². The van der Waals surface area contributed by atoms with E-state index in [2.05, 4.69) is 24.9 Å². The Morgan fingerprint density at radius 3 is 2.52 bits per heavy atom. The van der Waals surface area contributed by atoms with Crippen LogP contribution >= 0.6 is 0 Å². The van der Waals surface area contributed by atoms with Gasteiger partial charge in [0.25, 0.3) is 0 Å². The van der Waals surface area contributed by atoms with Crippen molar-refractivity contribution in [3.8, 4) is 11.3 Å².